The SMILES string of the molecule is CCN(CC)C(=O)Cc1csc(NC(=O)Nc2cccc(Cl)c2)n1. The quantitative estimate of drug-likeness (QED) is 0.815. The topological polar surface area (TPSA) is 74.3 Å². The standard InChI is InChI=1S/C16H19ClN4O2S/c1-3-21(4-2)14(22)9-13-10-24-16(19-13)20-15(23)18-12-7-5-6-11(17)8-12/h5-8,10H,3-4,9H2,1-2H3,(H2,18,19,20,23). The van der Waals surface area contributed by atoms with Crippen molar-refractivity contribution in [3.05, 3.63) is 40.4 Å². The largest absolute Gasteiger partial charge is 0.343 e. The maximum Gasteiger partial charge on any atom is 0.325 e. The lowest BCUT2D eigenvalue weighted by molar-refractivity contribution is -0.130. The average Bonchev–Trinajstić information content (AvgIpc) is 2.95. The first-order chi connectivity index (χ1) is 11.5. The van der Waals surface area contributed by atoms with Gasteiger partial charge in [-0.15, -0.1) is 11.3 Å². The third-order valence-corrected chi connectivity index (χ3v) is 4.34. The van der Waals surface area contributed by atoms with E-state index in [1.54, 1.807) is 34.5 Å². The number of likely N-dealkylation sites (N-methyl/N-ethyl adjacent to an activating group) is 1. The summed E-state index contributed by atoms with van der Waals surface area (Å²) >= 11 is 7.15. The highest BCUT2D eigenvalue weighted by Crippen LogP contribution is 2.18. The van der Waals surface area contributed by atoms with E-state index in [4.69, 9.17) is 11.6 Å². The van der Waals surface area contributed by atoms with Crippen LogP contribution >= 0.6 is 22.9 Å². The van der Waals surface area contributed by atoms with E-state index in [0.29, 0.717) is 34.6 Å². The molecule has 6 nitrogen and oxygen atoms in total. The molecule has 1 aromatic heterocycles. The Hall–Kier alpha value is -2.12. The van der Waals surface area contributed by atoms with Crippen molar-refractivity contribution in [1.29, 1.82) is 0 Å². The molecular formula is C16H19ClN4O2S. The fourth-order valence-corrected chi connectivity index (χ4v) is 3.01. The van der Waals surface area contributed by atoms with Gasteiger partial charge in [0.15, 0.2) is 5.13 Å². The Kier molecular flexibility index (Phi) is 6.57. The van der Waals surface area contributed by atoms with E-state index >= 15 is 0 Å². The fourth-order valence-electron chi connectivity index (χ4n) is 2.11. The Morgan fingerprint density at radius 3 is 2.67 bits per heavy atom. The highest BCUT2D eigenvalue weighted by molar-refractivity contribution is 7.14. The Labute approximate surface area is 149 Å². The van der Waals surface area contributed by atoms with Gasteiger partial charge in [-0.3, -0.25) is 10.1 Å². The summed E-state index contributed by atoms with van der Waals surface area (Å²) < 4.78 is 0. The van der Waals surface area contributed by atoms with Gasteiger partial charge in [0.05, 0.1) is 12.1 Å². The highest BCUT2D eigenvalue weighted by atomic mass is 35.5. The summed E-state index contributed by atoms with van der Waals surface area (Å²) in [6.45, 7) is 5.23. The lowest BCUT2D eigenvalue weighted by Crippen LogP contribution is -2.31. The molecule has 128 valence electrons. The van der Waals surface area contributed by atoms with Crippen molar-refractivity contribution >= 4 is 45.7 Å². The van der Waals surface area contributed by atoms with Crippen LogP contribution in [0.3, 0.4) is 0 Å². The number of nitrogens with one attached hydrogen (secondary N) is 2. The maximum atomic E-state index is 12.1. The van der Waals surface area contributed by atoms with Crippen LogP contribution in [0.5, 0.6) is 0 Å². The molecule has 0 radical (unpaired) electrons. The first kappa shape index (κ1) is 18.2. The number of carbonyl (C=O) groups is 2. The molecule has 24 heavy (non-hydrogen) atoms. The van der Waals surface area contributed by atoms with Gasteiger partial charge in [0.1, 0.15) is 0 Å². The van der Waals surface area contributed by atoms with E-state index in [9.17, 15) is 9.59 Å². The molecule has 0 saturated carbocycles. The normalized spacial score (nSPS) is 10.3. The molecule has 0 spiro atoms. The minimum absolute atomic E-state index is 0.0280. The van der Waals surface area contributed by atoms with Gasteiger partial charge in [-0.2, -0.15) is 0 Å². The number of anilines is 2. The van der Waals surface area contributed by atoms with Crippen molar-refractivity contribution < 1.29 is 9.59 Å². The zero-order valence-electron chi connectivity index (χ0n) is 13.5. The van der Waals surface area contributed by atoms with Crippen LogP contribution in [0.15, 0.2) is 29.6 Å². The third kappa shape index (κ3) is 5.21. The Morgan fingerprint density at radius 2 is 2.00 bits per heavy atom. The van der Waals surface area contributed by atoms with Crippen molar-refractivity contribution in [3.8, 4) is 0 Å². The highest BCUT2D eigenvalue weighted by Gasteiger charge is 2.13. The summed E-state index contributed by atoms with van der Waals surface area (Å²) in [7, 11) is 0. The second-order valence-corrected chi connectivity index (χ2v) is 6.27. The van der Waals surface area contributed by atoms with Crippen molar-refractivity contribution in [3.63, 3.8) is 0 Å². The zero-order chi connectivity index (χ0) is 17.5. The number of hydrogen-bond donors (Lipinski definition) is 2. The molecular weight excluding hydrogens is 348 g/mol. The Bertz CT molecular complexity index is 716. The average molecular weight is 367 g/mol. The van der Waals surface area contributed by atoms with Crippen LogP contribution in [0.1, 0.15) is 19.5 Å². The van der Waals surface area contributed by atoms with Crippen LogP contribution in [0, 0.1) is 0 Å². The first-order valence-corrected chi connectivity index (χ1v) is 8.83. The van der Waals surface area contributed by atoms with E-state index in [0.717, 1.165) is 0 Å². The molecule has 0 aliphatic carbocycles. The van der Waals surface area contributed by atoms with Gasteiger partial charge in [-0.05, 0) is 32.0 Å². The Morgan fingerprint density at radius 1 is 1.25 bits per heavy atom. The number of thiazole rings is 1. The molecule has 3 amide bonds. The van der Waals surface area contributed by atoms with Crippen LogP contribution in [-0.2, 0) is 11.2 Å². The molecule has 0 bridgehead atoms. The van der Waals surface area contributed by atoms with Crippen LogP contribution in [0.25, 0.3) is 0 Å². The summed E-state index contributed by atoms with van der Waals surface area (Å²) in [5.74, 6) is 0.0280. The predicted molar refractivity (Wildman–Crippen MR) is 97.8 cm³/mol. The van der Waals surface area contributed by atoms with Crippen LogP contribution in [0.2, 0.25) is 5.02 Å². The van der Waals surface area contributed by atoms with Gasteiger partial charge in [-0.1, -0.05) is 17.7 Å². The molecule has 0 unspecified atom stereocenters. The van der Waals surface area contributed by atoms with Crippen molar-refractivity contribution in [2.45, 2.75) is 20.3 Å². The molecule has 2 rings (SSSR count). The van der Waals surface area contributed by atoms with Crippen molar-refractivity contribution in [2.75, 3.05) is 23.7 Å². The maximum absolute atomic E-state index is 12.1. The number of nitrogens with zero attached hydrogens (tertiary/aromatic N) is 2. The van der Waals surface area contributed by atoms with E-state index in [2.05, 4.69) is 15.6 Å². The molecule has 2 N–H and O–H groups in total. The van der Waals surface area contributed by atoms with E-state index in [1.165, 1.54) is 11.3 Å². The summed E-state index contributed by atoms with van der Waals surface area (Å²) in [5, 5.41) is 8.08. The summed E-state index contributed by atoms with van der Waals surface area (Å²) in [4.78, 5) is 30.0. The van der Waals surface area contributed by atoms with Gasteiger partial charge >= 0.3 is 6.03 Å². The number of amides is 3. The smallest absolute Gasteiger partial charge is 0.325 e. The van der Waals surface area contributed by atoms with E-state index in [1.807, 2.05) is 13.8 Å². The fraction of sp³-hybridized carbons (Fsp3) is 0.312. The molecule has 8 heteroatoms. The number of benzene rings is 1. The molecule has 0 aliphatic rings. The lowest BCUT2D eigenvalue weighted by atomic mass is 10.3. The summed E-state index contributed by atoms with van der Waals surface area (Å²) in [6, 6.07) is 6.45. The van der Waals surface area contributed by atoms with Crippen LogP contribution < -0.4 is 10.6 Å². The molecule has 0 aliphatic heterocycles. The number of carbonyl (C=O) groups excluding carboxylic acids is 2. The van der Waals surface area contributed by atoms with Crippen molar-refractivity contribution in [1.82, 2.24) is 9.88 Å². The number of urea groups is 1. The van der Waals surface area contributed by atoms with Gasteiger partial charge < -0.3 is 10.2 Å². The molecule has 2 aromatic rings. The number of hydrogen-bond acceptors (Lipinski definition) is 4. The molecule has 1 heterocycles. The van der Waals surface area contributed by atoms with E-state index < -0.39 is 6.03 Å². The molecule has 0 saturated heterocycles. The second-order valence-electron chi connectivity index (χ2n) is 4.98. The number of aromatic nitrogens is 1. The number of rotatable bonds is 6. The van der Waals surface area contributed by atoms with Gasteiger partial charge in [0.25, 0.3) is 0 Å². The molecule has 0 atom stereocenters. The van der Waals surface area contributed by atoms with E-state index in [-0.39, 0.29) is 12.3 Å². The predicted octanol–water partition coefficient (Wildman–Crippen LogP) is 3.85. The van der Waals surface area contributed by atoms with Crippen LogP contribution in [-0.4, -0.2) is 34.9 Å². The summed E-state index contributed by atoms with van der Waals surface area (Å²) in [6.07, 6.45) is 0.232. The Balaban J connectivity index is 1.91. The summed E-state index contributed by atoms with van der Waals surface area (Å²) in [5.41, 5.74) is 1.24. The second kappa shape index (κ2) is 8.65. The van der Waals surface area contributed by atoms with Gasteiger partial charge in [0.2, 0.25) is 5.91 Å². The minimum Gasteiger partial charge on any atom is -0.343 e. The van der Waals surface area contributed by atoms with Crippen LogP contribution in [0.4, 0.5) is 15.6 Å². The minimum atomic E-state index is -0.409. The lowest BCUT2D eigenvalue weighted by Gasteiger charge is -2.17. The molecule has 0 fully saturated rings. The van der Waals surface area contributed by atoms with Gasteiger partial charge in [-0.25, -0.2) is 9.78 Å². The molecule has 1 aromatic carbocycles. The zero-order valence-corrected chi connectivity index (χ0v) is 15.1. The monoisotopic (exact) mass is 366 g/mol. The van der Waals surface area contributed by atoms with Crippen molar-refractivity contribution in [2.24, 2.45) is 0 Å². The number of halogens is 1. The third-order valence-electron chi connectivity index (χ3n) is 3.30. The first-order valence-electron chi connectivity index (χ1n) is 7.57. The van der Waals surface area contributed by atoms with Gasteiger partial charge in [0, 0.05) is 29.2 Å².